The van der Waals surface area contributed by atoms with Crippen LogP contribution in [0.15, 0.2) is 18.5 Å². The zero-order chi connectivity index (χ0) is 14.3. The van der Waals surface area contributed by atoms with E-state index in [0.29, 0.717) is 6.04 Å². The van der Waals surface area contributed by atoms with Crippen LogP contribution in [0.4, 0.5) is 0 Å². The van der Waals surface area contributed by atoms with Crippen LogP contribution in [0.3, 0.4) is 0 Å². The van der Waals surface area contributed by atoms with E-state index >= 15 is 0 Å². The molecule has 1 N–H and O–H groups in total. The monoisotopic (exact) mass is 266 g/mol. The molecule has 0 radical (unpaired) electrons. The molecule has 1 aromatic heterocycles. The number of aromatic nitrogens is 1. The summed E-state index contributed by atoms with van der Waals surface area (Å²) in [6.07, 6.45) is 6.79. The maximum atomic E-state index is 5.76. The Balaban J connectivity index is 2.50. The molecule has 0 aliphatic heterocycles. The number of nitrogens with zero attached hydrogens (tertiary/aromatic N) is 1. The predicted octanol–water partition coefficient (Wildman–Crippen LogP) is 3.75. The van der Waals surface area contributed by atoms with Crippen LogP contribution in [-0.4, -0.2) is 23.3 Å². The van der Waals surface area contributed by atoms with E-state index in [1.165, 1.54) is 18.4 Å². The van der Waals surface area contributed by atoms with Crippen LogP contribution in [0.1, 0.15) is 59.1 Å². The minimum absolute atomic E-state index is 0.0511. The zero-order valence-electron chi connectivity index (χ0n) is 13.2. The van der Waals surface area contributed by atoms with E-state index in [0.717, 1.165) is 19.7 Å². The Labute approximate surface area is 118 Å². The van der Waals surface area contributed by atoms with Crippen molar-refractivity contribution in [3.05, 3.63) is 24.0 Å². The smallest absolute Gasteiger partial charge is 0.0652 e. The van der Waals surface area contributed by atoms with Crippen LogP contribution >= 0.6 is 0 Å². The van der Waals surface area contributed by atoms with Crippen molar-refractivity contribution >= 4 is 0 Å². The highest BCUT2D eigenvalue weighted by molar-refractivity contribution is 5.15. The molecule has 0 amide bonds. The van der Waals surface area contributed by atoms with Crippen molar-refractivity contribution in [2.75, 3.05) is 13.2 Å². The third kappa shape index (κ3) is 6.26. The van der Waals surface area contributed by atoms with Gasteiger partial charge in [0.25, 0.3) is 0 Å². The van der Waals surface area contributed by atoms with Crippen LogP contribution in [0, 0.1) is 0 Å². The Kier molecular flexibility index (Phi) is 6.59. The summed E-state index contributed by atoms with van der Waals surface area (Å²) in [4.78, 5) is 0. The minimum Gasteiger partial charge on any atom is -0.374 e. The molecule has 1 aromatic rings. The highest BCUT2D eigenvalue weighted by Crippen LogP contribution is 2.18. The first-order valence-electron chi connectivity index (χ1n) is 7.49. The molecule has 19 heavy (non-hydrogen) atoms. The summed E-state index contributed by atoms with van der Waals surface area (Å²) in [6.45, 7) is 13.4. The van der Waals surface area contributed by atoms with Gasteiger partial charge in [-0.1, -0.05) is 20.3 Å². The molecule has 0 saturated heterocycles. The molecular formula is C16H30N2O. The standard InChI is InChI=1S/C16H30N2O/c1-6-8-15(17-7-2)14-9-10-18(13-14)11-12-19-16(3,4)5/h9-10,13,15,17H,6-8,11-12H2,1-5H3. The van der Waals surface area contributed by atoms with Gasteiger partial charge in [-0.05, 0) is 45.4 Å². The van der Waals surface area contributed by atoms with E-state index in [9.17, 15) is 0 Å². The molecule has 0 aromatic carbocycles. The number of ether oxygens (including phenoxy) is 1. The van der Waals surface area contributed by atoms with Gasteiger partial charge in [-0.15, -0.1) is 0 Å². The van der Waals surface area contributed by atoms with Crippen LogP contribution in [0.2, 0.25) is 0 Å². The molecule has 1 rings (SSSR count). The lowest BCUT2D eigenvalue weighted by Gasteiger charge is -2.19. The fourth-order valence-electron chi connectivity index (χ4n) is 2.18. The highest BCUT2D eigenvalue weighted by Gasteiger charge is 2.12. The van der Waals surface area contributed by atoms with Crippen molar-refractivity contribution < 1.29 is 4.74 Å². The van der Waals surface area contributed by atoms with E-state index in [1.54, 1.807) is 0 Å². The maximum absolute atomic E-state index is 5.76. The average Bonchev–Trinajstić information content (AvgIpc) is 2.76. The van der Waals surface area contributed by atoms with Gasteiger partial charge in [0, 0.05) is 25.0 Å². The molecule has 110 valence electrons. The summed E-state index contributed by atoms with van der Waals surface area (Å²) in [7, 11) is 0. The van der Waals surface area contributed by atoms with Crippen LogP contribution < -0.4 is 5.32 Å². The molecule has 1 unspecified atom stereocenters. The molecule has 0 aliphatic rings. The van der Waals surface area contributed by atoms with Gasteiger partial charge in [-0.25, -0.2) is 0 Å². The largest absolute Gasteiger partial charge is 0.374 e. The van der Waals surface area contributed by atoms with Crippen molar-refractivity contribution in [2.24, 2.45) is 0 Å². The zero-order valence-corrected chi connectivity index (χ0v) is 13.2. The van der Waals surface area contributed by atoms with E-state index in [1.807, 2.05) is 0 Å². The van der Waals surface area contributed by atoms with Gasteiger partial charge in [-0.2, -0.15) is 0 Å². The lowest BCUT2D eigenvalue weighted by Crippen LogP contribution is -2.22. The Morgan fingerprint density at radius 2 is 2.05 bits per heavy atom. The normalized spacial score (nSPS) is 13.7. The third-order valence-corrected chi connectivity index (χ3v) is 3.09. The van der Waals surface area contributed by atoms with E-state index in [-0.39, 0.29) is 5.60 Å². The van der Waals surface area contributed by atoms with Gasteiger partial charge in [0.15, 0.2) is 0 Å². The molecule has 0 saturated carbocycles. The summed E-state index contributed by atoms with van der Waals surface area (Å²) in [5, 5.41) is 3.55. The Morgan fingerprint density at radius 1 is 1.32 bits per heavy atom. The summed E-state index contributed by atoms with van der Waals surface area (Å²) in [5.41, 5.74) is 1.34. The lowest BCUT2D eigenvalue weighted by atomic mass is 10.1. The van der Waals surface area contributed by atoms with Gasteiger partial charge >= 0.3 is 0 Å². The topological polar surface area (TPSA) is 26.2 Å². The summed E-state index contributed by atoms with van der Waals surface area (Å²) >= 11 is 0. The van der Waals surface area contributed by atoms with Gasteiger partial charge in [0.1, 0.15) is 0 Å². The highest BCUT2D eigenvalue weighted by atomic mass is 16.5. The molecule has 3 nitrogen and oxygen atoms in total. The second-order valence-corrected chi connectivity index (χ2v) is 6.04. The van der Waals surface area contributed by atoms with Crippen LogP contribution in [0.25, 0.3) is 0 Å². The van der Waals surface area contributed by atoms with Crippen molar-refractivity contribution in [1.82, 2.24) is 9.88 Å². The first-order chi connectivity index (χ1) is 8.96. The number of hydrogen-bond acceptors (Lipinski definition) is 2. The molecule has 0 spiro atoms. The molecule has 0 aliphatic carbocycles. The Bertz CT molecular complexity index is 346. The molecule has 1 heterocycles. The molecule has 1 atom stereocenters. The van der Waals surface area contributed by atoms with Gasteiger partial charge in [0.05, 0.1) is 12.2 Å². The maximum Gasteiger partial charge on any atom is 0.0652 e. The van der Waals surface area contributed by atoms with Crippen molar-refractivity contribution in [3.8, 4) is 0 Å². The fraction of sp³-hybridized carbons (Fsp3) is 0.750. The molecular weight excluding hydrogens is 236 g/mol. The molecule has 3 heteroatoms. The SMILES string of the molecule is CCCC(NCC)c1ccn(CCOC(C)(C)C)c1. The predicted molar refractivity (Wildman–Crippen MR) is 81.5 cm³/mol. The average molecular weight is 266 g/mol. The lowest BCUT2D eigenvalue weighted by molar-refractivity contribution is -0.00680. The van der Waals surface area contributed by atoms with Crippen molar-refractivity contribution in [1.29, 1.82) is 0 Å². The van der Waals surface area contributed by atoms with Gasteiger partial charge < -0.3 is 14.6 Å². The van der Waals surface area contributed by atoms with Crippen molar-refractivity contribution in [3.63, 3.8) is 0 Å². The molecule has 0 fully saturated rings. The number of nitrogens with one attached hydrogen (secondary N) is 1. The molecule has 0 bridgehead atoms. The summed E-state index contributed by atoms with van der Waals surface area (Å²) in [6, 6.07) is 2.71. The first-order valence-corrected chi connectivity index (χ1v) is 7.49. The number of hydrogen-bond donors (Lipinski definition) is 1. The fourth-order valence-corrected chi connectivity index (χ4v) is 2.18. The Morgan fingerprint density at radius 3 is 2.63 bits per heavy atom. The Hall–Kier alpha value is -0.800. The second kappa shape index (κ2) is 7.71. The van der Waals surface area contributed by atoms with E-state index < -0.39 is 0 Å². The summed E-state index contributed by atoms with van der Waals surface area (Å²) < 4.78 is 7.98. The van der Waals surface area contributed by atoms with Gasteiger partial charge in [-0.3, -0.25) is 0 Å². The van der Waals surface area contributed by atoms with Crippen molar-refractivity contribution in [2.45, 2.75) is 65.6 Å². The van der Waals surface area contributed by atoms with Crippen LogP contribution in [-0.2, 0) is 11.3 Å². The second-order valence-electron chi connectivity index (χ2n) is 6.04. The minimum atomic E-state index is -0.0511. The summed E-state index contributed by atoms with van der Waals surface area (Å²) in [5.74, 6) is 0. The number of rotatable bonds is 8. The van der Waals surface area contributed by atoms with E-state index in [4.69, 9.17) is 4.74 Å². The first kappa shape index (κ1) is 16.3. The quantitative estimate of drug-likeness (QED) is 0.775. The third-order valence-electron chi connectivity index (χ3n) is 3.09. The van der Waals surface area contributed by atoms with Crippen LogP contribution in [0.5, 0.6) is 0 Å². The van der Waals surface area contributed by atoms with Gasteiger partial charge in [0.2, 0.25) is 0 Å². The van der Waals surface area contributed by atoms with E-state index in [2.05, 4.69) is 63.0 Å².